The third kappa shape index (κ3) is 2.44. The first-order valence-corrected chi connectivity index (χ1v) is 6.74. The molecule has 104 valence electrons. The maximum atomic E-state index is 12.0. The molecule has 3 rings (SSSR count). The number of aryl methyl sites for hydroxylation is 2. The third-order valence-corrected chi connectivity index (χ3v) is 3.62. The molecule has 1 aliphatic heterocycles. The Hall–Kier alpha value is -2.14. The maximum Gasteiger partial charge on any atom is 0.274 e. The summed E-state index contributed by atoms with van der Waals surface area (Å²) in [6, 6.07) is 5.84. The highest BCUT2D eigenvalue weighted by Crippen LogP contribution is 2.20. The molecule has 20 heavy (non-hydrogen) atoms. The molecule has 3 heterocycles. The van der Waals surface area contributed by atoms with Crippen LogP contribution in [0.1, 0.15) is 17.0 Å². The molecule has 0 atom stereocenters. The number of aromatic nitrogens is 2. The highest BCUT2D eigenvalue weighted by molar-refractivity contribution is 5.55. The van der Waals surface area contributed by atoms with Crippen LogP contribution in [-0.2, 0) is 7.05 Å². The molecule has 0 amide bonds. The normalized spacial score (nSPS) is 14.9. The standard InChI is InChI=1S/C15H18N4O/c1-10-5-13(15(20)19(2)9-10)18-14-4-3-11(8-17-14)12-6-16-7-12/h3-5,8-9,12,16H,6-7H2,1-2H3,(H,17,18). The smallest absolute Gasteiger partial charge is 0.274 e. The van der Waals surface area contributed by atoms with Gasteiger partial charge in [0.15, 0.2) is 0 Å². The summed E-state index contributed by atoms with van der Waals surface area (Å²) in [5.41, 5.74) is 2.78. The van der Waals surface area contributed by atoms with Gasteiger partial charge >= 0.3 is 0 Å². The Kier molecular flexibility index (Phi) is 3.28. The van der Waals surface area contributed by atoms with Crippen LogP contribution in [0.2, 0.25) is 0 Å². The average Bonchev–Trinajstić information content (AvgIpc) is 2.35. The maximum absolute atomic E-state index is 12.0. The van der Waals surface area contributed by atoms with Crippen LogP contribution < -0.4 is 16.2 Å². The minimum atomic E-state index is -0.0512. The van der Waals surface area contributed by atoms with Gasteiger partial charge in [-0.2, -0.15) is 0 Å². The third-order valence-electron chi connectivity index (χ3n) is 3.62. The number of nitrogens with one attached hydrogen (secondary N) is 2. The fraction of sp³-hybridized carbons (Fsp3) is 0.333. The summed E-state index contributed by atoms with van der Waals surface area (Å²) in [5, 5.41) is 6.34. The van der Waals surface area contributed by atoms with Crippen molar-refractivity contribution in [2.45, 2.75) is 12.8 Å². The lowest BCUT2D eigenvalue weighted by molar-refractivity contribution is 0.447. The van der Waals surface area contributed by atoms with E-state index in [9.17, 15) is 4.79 Å². The number of hydrogen-bond acceptors (Lipinski definition) is 4. The Labute approximate surface area is 117 Å². The summed E-state index contributed by atoms with van der Waals surface area (Å²) in [6.45, 7) is 4.00. The van der Waals surface area contributed by atoms with E-state index in [4.69, 9.17) is 0 Å². The first kappa shape index (κ1) is 12.9. The van der Waals surface area contributed by atoms with E-state index in [1.54, 1.807) is 11.6 Å². The summed E-state index contributed by atoms with van der Waals surface area (Å²) in [6.07, 6.45) is 3.70. The van der Waals surface area contributed by atoms with E-state index in [1.807, 2.05) is 31.5 Å². The van der Waals surface area contributed by atoms with Crippen molar-refractivity contribution in [3.8, 4) is 0 Å². The van der Waals surface area contributed by atoms with E-state index in [1.165, 1.54) is 5.56 Å². The molecule has 2 aromatic rings. The van der Waals surface area contributed by atoms with Crippen LogP contribution in [0, 0.1) is 6.92 Å². The van der Waals surface area contributed by atoms with Gasteiger partial charge in [0.25, 0.3) is 5.56 Å². The first-order chi connectivity index (χ1) is 9.63. The van der Waals surface area contributed by atoms with Gasteiger partial charge < -0.3 is 15.2 Å². The van der Waals surface area contributed by atoms with Gasteiger partial charge in [-0.15, -0.1) is 0 Å². The van der Waals surface area contributed by atoms with Crippen molar-refractivity contribution < 1.29 is 0 Å². The molecule has 5 heteroatoms. The first-order valence-electron chi connectivity index (χ1n) is 6.74. The predicted octanol–water partition coefficient (Wildman–Crippen LogP) is 1.52. The summed E-state index contributed by atoms with van der Waals surface area (Å²) >= 11 is 0. The van der Waals surface area contributed by atoms with Gasteiger partial charge in [-0.1, -0.05) is 6.07 Å². The second-order valence-corrected chi connectivity index (χ2v) is 5.30. The van der Waals surface area contributed by atoms with Gasteiger partial charge in [-0.25, -0.2) is 4.98 Å². The Morgan fingerprint density at radius 2 is 2.20 bits per heavy atom. The largest absolute Gasteiger partial charge is 0.336 e. The monoisotopic (exact) mass is 270 g/mol. The summed E-state index contributed by atoms with van der Waals surface area (Å²) in [7, 11) is 1.75. The zero-order valence-electron chi connectivity index (χ0n) is 11.7. The molecule has 0 unspecified atom stereocenters. The molecule has 0 bridgehead atoms. The van der Waals surface area contributed by atoms with Crippen molar-refractivity contribution in [2.75, 3.05) is 18.4 Å². The van der Waals surface area contributed by atoms with Gasteiger partial charge in [-0.3, -0.25) is 4.79 Å². The van der Waals surface area contributed by atoms with Gasteiger partial charge in [0.1, 0.15) is 11.5 Å². The van der Waals surface area contributed by atoms with Crippen LogP contribution in [-0.4, -0.2) is 22.6 Å². The molecular formula is C15H18N4O. The second-order valence-electron chi connectivity index (χ2n) is 5.30. The van der Waals surface area contributed by atoms with Crippen LogP contribution in [0.15, 0.2) is 35.4 Å². The number of nitrogens with zero attached hydrogens (tertiary/aromatic N) is 2. The molecule has 0 aliphatic carbocycles. The zero-order chi connectivity index (χ0) is 14.1. The van der Waals surface area contributed by atoms with Crippen molar-refractivity contribution in [1.82, 2.24) is 14.9 Å². The van der Waals surface area contributed by atoms with Crippen LogP contribution in [0.3, 0.4) is 0 Å². The fourth-order valence-electron chi connectivity index (χ4n) is 2.35. The zero-order valence-corrected chi connectivity index (χ0v) is 11.7. The number of anilines is 2. The van der Waals surface area contributed by atoms with Crippen LogP contribution in [0.4, 0.5) is 11.5 Å². The summed E-state index contributed by atoms with van der Waals surface area (Å²) in [4.78, 5) is 16.4. The molecule has 1 aliphatic rings. The van der Waals surface area contributed by atoms with Crippen molar-refractivity contribution in [3.05, 3.63) is 52.1 Å². The van der Waals surface area contributed by atoms with Crippen molar-refractivity contribution >= 4 is 11.5 Å². The number of rotatable bonds is 3. The van der Waals surface area contributed by atoms with Gasteiger partial charge in [-0.05, 0) is 30.2 Å². The lowest BCUT2D eigenvalue weighted by Crippen LogP contribution is -2.39. The molecule has 2 aromatic heterocycles. The highest BCUT2D eigenvalue weighted by atomic mass is 16.1. The van der Waals surface area contributed by atoms with Crippen LogP contribution in [0.25, 0.3) is 0 Å². The Morgan fingerprint density at radius 1 is 1.40 bits per heavy atom. The van der Waals surface area contributed by atoms with E-state index in [-0.39, 0.29) is 5.56 Å². The number of hydrogen-bond donors (Lipinski definition) is 2. The topological polar surface area (TPSA) is 59.0 Å². The van der Waals surface area contributed by atoms with E-state index in [0.717, 1.165) is 18.7 Å². The summed E-state index contributed by atoms with van der Waals surface area (Å²) in [5.74, 6) is 1.27. The van der Waals surface area contributed by atoms with Gasteiger partial charge in [0.05, 0.1) is 0 Å². The average molecular weight is 270 g/mol. The molecule has 0 aromatic carbocycles. The number of pyridine rings is 2. The van der Waals surface area contributed by atoms with E-state index < -0.39 is 0 Å². The van der Waals surface area contributed by atoms with Gasteiger partial charge in [0, 0.05) is 38.4 Å². The van der Waals surface area contributed by atoms with Crippen LogP contribution in [0.5, 0.6) is 0 Å². The molecular weight excluding hydrogens is 252 g/mol. The minimum absolute atomic E-state index is 0.0512. The predicted molar refractivity (Wildman–Crippen MR) is 79.6 cm³/mol. The van der Waals surface area contributed by atoms with E-state index in [2.05, 4.69) is 21.7 Å². The fourth-order valence-corrected chi connectivity index (χ4v) is 2.35. The lowest BCUT2D eigenvalue weighted by atomic mass is 9.95. The van der Waals surface area contributed by atoms with Crippen molar-refractivity contribution in [3.63, 3.8) is 0 Å². The molecule has 1 saturated heterocycles. The molecule has 2 N–H and O–H groups in total. The molecule has 0 spiro atoms. The van der Waals surface area contributed by atoms with E-state index in [0.29, 0.717) is 17.4 Å². The quantitative estimate of drug-likeness (QED) is 0.888. The molecule has 1 fully saturated rings. The Balaban J connectivity index is 1.82. The van der Waals surface area contributed by atoms with E-state index >= 15 is 0 Å². The van der Waals surface area contributed by atoms with Crippen LogP contribution >= 0.6 is 0 Å². The molecule has 0 saturated carbocycles. The minimum Gasteiger partial charge on any atom is -0.336 e. The SMILES string of the molecule is Cc1cc(Nc2ccc(C3CNC3)cn2)c(=O)n(C)c1. The molecule has 0 radical (unpaired) electrons. The Bertz CT molecular complexity index is 671. The molecule has 5 nitrogen and oxygen atoms in total. The lowest BCUT2D eigenvalue weighted by Gasteiger charge is -2.27. The van der Waals surface area contributed by atoms with Crippen molar-refractivity contribution in [1.29, 1.82) is 0 Å². The second kappa shape index (κ2) is 5.09. The Morgan fingerprint density at radius 3 is 2.80 bits per heavy atom. The summed E-state index contributed by atoms with van der Waals surface area (Å²) < 4.78 is 1.58. The van der Waals surface area contributed by atoms with Gasteiger partial charge in [0.2, 0.25) is 0 Å². The van der Waals surface area contributed by atoms with Crippen molar-refractivity contribution in [2.24, 2.45) is 7.05 Å². The highest BCUT2D eigenvalue weighted by Gasteiger charge is 2.18.